The van der Waals surface area contributed by atoms with Crippen LogP contribution in [-0.4, -0.2) is 5.97 Å². The molecule has 1 heterocycles. The van der Waals surface area contributed by atoms with E-state index in [0.29, 0.717) is 0 Å². The van der Waals surface area contributed by atoms with Crippen LogP contribution < -0.4 is 0 Å². The predicted octanol–water partition coefficient (Wildman–Crippen LogP) is 2.34. The van der Waals surface area contributed by atoms with Gasteiger partial charge in [-0.1, -0.05) is 24.3 Å². The first kappa shape index (κ1) is 9.21. The smallest absolute Gasteiger partial charge is 0.305 e. The molecule has 1 aliphatic heterocycles. The summed E-state index contributed by atoms with van der Waals surface area (Å²) >= 11 is 0. The van der Waals surface area contributed by atoms with Gasteiger partial charge in [-0.3, -0.25) is 4.79 Å². The third-order valence-electron chi connectivity index (χ3n) is 2.29. The molecule has 0 spiro atoms. The third kappa shape index (κ3) is 1.51. The Morgan fingerprint density at radius 3 is 2.64 bits per heavy atom. The average Bonchev–Trinajstić information content (AvgIpc) is 2.44. The average molecular weight is 192 g/mol. The summed E-state index contributed by atoms with van der Waals surface area (Å²) < 4.78 is 10.5. The van der Waals surface area contributed by atoms with Crippen LogP contribution in [0.1, 0.15) is 37.4 Å². The second kappa shape index (κ2) is 3.42. The van der Waals surface area contributed by atoms with Crippen molar-refractivity contribution in [2.24, 2.45) is 0 Å². The van der Waals surface area contributed by atoms with Crippen LogP contribution in [0.2, 0.25) is 0 Å². The van der Waals surface area contributed by atoms with Crippen LogP contribution in [0.4, 0.5) is 0 Å². The van der Waals surface area contributed by atoms with Crippen molar-refractivity contribution in [2.45, 2.75) is 26.2 Å². The first-order valence-corrected chi connectivity index (χ1v) is 4.60. The summed E-state index contributed by atoms with van der Waals surface area (Å²) in [6.07, 6.45) is -0.533. The van der Waals surface area contributed by atoms with E-state index in [9.17, 15) is 4.79 Å². The highest BCUT2D eigenvalue weighted by atomic mass is 16.7. The fourth-order valence-electron chi connectivity index (χ4n) is 1.67. The summed E-state index contributed by atoms with van der Waals surface area (Å²) in [5, 5.41) is 0. The van der Waals surface area contributed by atoms with Crippen LogP contribution in [0, 0.1) is 0 Å². The second-order valence-corrected chi connectivity index (χ2v) is 3.35. The number of rotatable bonds is 1. The SMILES string of the molecule is CC(=O)OC1OC(C)c2ccccc21. The van der Waals surface area contributed by atoms with Gasteiger partial charge in [0, 0.05) is 12.5 Å². The van der Waals surface area contributed by atoms with Crippen molar-refractivity contribution in [1.82, 2.24) is 0 Å². The molecule has 1 aliphatic rings. The molecular formula is C11H12O3. The van der Waals surface area contributed by atoms with Gasteiger partial charge in [-0.15, -0.1) is 0 Å². The Hall–Kier alpha value is -1.35. The fourth-order valence-corrected chi connectivity index (χ4v) is 1.67. The summed E-state index contributed by atoms with van der Waals surface area (Å²) in [6.45, 7) is 3.33. The van der Waals surface area contributed by atoms with E-state index in [1.807, 2.05) is 31.2 Å². The number of carbonyl (C=O) groups is 1. The Balaban J connectivity index is 2.29. The molecule has 0 aliphatic carbocycles. The van der Waals surface area contributed by atoms with Crippen LogP contribution in [0.25, 0.3) is 0 Å². The van der Waals surface area contributed by atoms with Crippen molar-refractivity contribution in [3.63, 3.8) is 0 Å². The fraction of sp³-hybridized carbons (Fsp3) is 0.364. The molecule has 0 bridgehead atoms. The first-order valence-electron chi connectivity index (χ1n) is 4.60. The highest BCUT2D eigenvalue weighted by Gasteiger charge is 2.30. The molecule has 2 rings (SSSR count). The molecule has 3 nitrogen and oxygen atoms in total. The molecule has 74 valence electrons. The van der Waals surface area contributed by atoms with Crippen molar-refractivity contribution < 1.29 is 14.3 Å². The quantitative estimate of drug-likeness (QED) is 0.640. The van der Waals surface area contributed by atoms with Gasteiger partial charge in [0.05, 0.1) is 6.10 Å². The molecule has 14 heavy (non-hydrogen) atoms. The monoisotopic (exact) mass is 192 g/mol. The minimum absolute atomic E-state index is 0.00412. The topological polar surface area (TPSA) is 35.5 Å². The zero-order chi connectivity index (χ0) is 10.1. The third-order valence-corrected chi connectivity index (χ3v) is 2.29. The van der Waals surface area contributed by atoms with Crippen LogP contribution in [0.3, 0.4) is 0 Å². The summed E-state index contributed by atoms with van der Waals surface area (Å²) in [5.74, 6) is -0.320. The summed E-state index contributed by atoms with van der Waals surface area (Å²) in [7, 11) is 0. The van der Waals surface area contributed by atoms with Crippen LogP contribution in [0.5, 0.6) is 0 Å². The Labute approximate surface area is 82.6 Å². The number of hydrogen-bond donors (Lipinski definition) is 0. The zero-order valence-corrected chi connectivity index (χ0v) is 8.19. The lowest BCUT2D eigenvalue weighted by Crippen LogP contribution is -2.07. The Kier molecular flexibility index (Phi) is 2.25. The number of fused-ring (bicyclic) bond motifs is 1. The lowest BCUT2D eigenvalue weighted by molar-refractivity contribution is -0.181. The molecule has 0 amide bonds. The molecule has 1 aromatic carbocycles. The minimum atomic E-state index is -0.529. The number of ether oxygens (including phenoxy) is 2. The van der Waals surface area contributed by atoms with Gasteiger partial charge in [-0.05, 0) is 12.5 Å². The number of carbonyl (C=O) groups excluding carboxylic acids is 1. The number of hydrogen-bond acceptors (Lipinski definition) is 3. The van der Waals surface area contributed by atoms with Crippen LogP contribution in [-0.2, 0) is 14.3 Å². The molecule has 1 aromatic rings. The minimum Gasteiger partial charge on any atom is -0.431 e. The number of benzene rings is 1. The maximum atomic E-state index is 10.8. The van der Waals surface area contributed by atoms with Crippen molar-refractivity contribution in [1.29, 1.82) is 0 Å². The predicted molar refractivity (Wildman–Crippen MR) is 50.4 cm³/mol. The molecular weight excluding hydrogens is 180 g/mol. The van der Waals surface area contributed by atoms with Gasteiger partial charge in [-0.25, -0.2) is 0 Å². The van der Waals surface area contributed by atoms with Crippen LogP contribution >= 0.6 is 0 Å². The lowest BCUT2D eigenvalue weighted by atomic mass is 10.1. The van der Waals surface area contributed by atoms with Crippen molar-refractivity contribution >= 4 is 5.97 Å². The first-order chi connectivity index (χ1) is 6.68. The highest BCUT2D eigenvalue weighted by Crippen LogP contribution is 2.38. The van der Waals surface area contributed by atoms with Gasteiger partial charge in [0.25, 0.3) is 0 Å². The normalized spacial score (nSPS) is 24.4. The van der Waals surface area contributed by atoms with E-state index in [1.54, 1.807) is 0 Å². The van der Waals surface area contributed by atoms with E-state index in [2.05, 4.69) is 0 Å². The van der Waals surface area contributed by atoms with E-state index >= 15 is 0 Å². The Morgan fingerprint density at radius 1 is 1.36 bits per heavy atom. The lowest BCUT2D eigenvalue weighted by Gasteiger charge is -2.11. The van der Waals surface area contributed by atoms with Gasteiger partial charge in [0.1, 0.15) is 0 Å². The van der Waals surface area contributed by atoms with Gasteiger partial charge < -0.3 is 9.47 Å². The van der Waals surface area contributed by atoms with E-state index in [4.69, 9.17) is 9.47 Å². The molecule has 0 saturated heterocycles. The molecule has 2 unspecified atom stereocenters. The van der Waals surface area contributed by atoms with Crippen molar-refractivity contribution in [3.05, 3.63) is 35.4 Å². The molecule has 0 radical (unpaired) electrons. The molecule has 0 saturated carbocycles. The second-order valence-electron chi connectivity index (χ2n) is 3.35. The summed E-state index contributed by atoms with van der Waals surface area (Å²) in [5.41, 5.74) is 2.05. The Bertz CT molecular complexity index is 359. The highest BCUT2D eigenvalue weighted by molar-refractivity contribution is 5.66. The Morgan fingerprint density at radius 2 is 2.00 bits per heavy atom. The van der Waals surface area contributed by atoms with Crippen molar-refractivity contribution in [3.8, 4) is 0 Å². The molecule has 3 heteroatoms. The van der Waals surface area contributed by atoms with E-state index in [0.717, 1.165) is 11.1 Å². The van der Waals surface area contributed by atoms with Gasteiger partial charge >= 0.3 is 5.97 Å². The van der Waals surface area contributed by atoms with Gasteiger partial charge in [0.15, 0.2) is 0 Å². The summed E-state index contributed by atoms with van der Waals surface area (Å²) in [6, 6.07) is 7.78. The molecule has 2 atom stereocenters. The standard InChI is InChI=1S/C11H12O3/c1-7-9-5-3-4-6-10(9)11(13-7)14-8(2)12/h3-7,11H,1-2H3. The maximum Gasteiger partial charge on any atom is 0.305 e. The zero-order valence-electron chi connectivity index (χ0n) is 8.19. The number of esters is 1. The maximum absolute atomic E-state index is 10.8. The molecule has 0 N–H and O–H groups in total. The molecule has 0 aromatic heterocycles. The van der Waals surface area contributed by atoms with Crippen LogP contribution in [0.15, 0.2) is 24.3 Å². The van der Waals surface area contributed by atoms with E-state index < -0.39 is 6.29 Å². The van der Waals surface area contributed by atoms with E-state index in [-0.39, 0.29) is 12.1 Å². The van der Waals surface area contributed by atoms with E-state index in [1.165, 1.54) is 6.92 Å². The van der Waals surface area contributed by atoms with Crippen molar-refractivity contribution in [2.75, 3.05) is 0 Å². The largest absolute Gasteiger partial charge is 0.431 e. The van der Waals surface area contributed by atoms with Gasteiger partial charge in [-0.2, -0.15) is 0 Å². The summed E-state index contributed by atoms with van der Waals surface area (Å²) in [4.78, 5) is 10.8. The van der Waals surface area contributed by atoms with Gasteiger partial charge in [0.2, 0.25) is 6.29 Å². The molecule has 0 fully saturated rings.